The van der Waals surface area contributed by atoms with Crippen LogP contribution in [0.2, 0.25) is 0 Å². The van der Waals surface area contributed by atoms with Gasteiger partial charge in [-0.05, 0) is 25.0 Å². The van der Waals surface area contributed by atoms with Crippen LogP contribution in [-0.4, -0.2) is 21.1 Å². The molecule has 3 rings (SSSR count). The van der Waals surface area contributed by atoms with Crippen LogP contribution in [0.4, 0.5) is 0 Å². The highest BCUT2D eigenvalue weighted by atomic mass is 16.2. The fourth-order valence-electron chi connectivity index (χ4n) is 2.77. The molecule has 0 bridgehead atoms. The number of nitrogens with one attached hydrogen (secondary N) is 1. The van der Waals surface area contributed by atoms with E-state index in [1.54, 1.807) is 13.8 Å². The Balaban J connectivity index is 0. The van der Waals surface area contributed by atoms with Crippen molar-refractivity contribution in [2.75, 3.05) is 0 Å². The lowest BCUT2D eigenvalue weighted by atomic mass is 9.85. The Bertz CT molecular complexity index is 956. The maximum Gasteiger partial charge on any atom is 0.251 e. The van der Waals surface area contributed by atoms with Gasteiger partial charge in [0.15, 0.2) is 5.78 Å². The maximum absolute atomic E-state index is 12.7. The molecule has 150 valence electrons. The zero-order valence-electron chi connectivity index (χ0n) is 17.7. The molecule has 0 aliphatic heterocycles. The van der Waals surface area contributed by atoms with E-state index < -0.39 is 11.3 Å². The number of H-pyrrole nitrogens is 1. The number of aryl methyl sites for hydroxylation is 2. The van der Waals surface area contributed by atoms with E-state index in [-0.39, 0.29) is 35.3 Å². The summed E-state index contributed by atoms with van der Waals surface area (Å²) in [6, 6.07) is 2.61. The molecule has 0 spiro atoms. The lowest BCUT2D eigenvalue weighted by molar-refractivity contribution is 0.0966. The van der Waals surface area contributed by atoms with Gasteiger partial charge < -0.3 is 9.55 Å². The first-order valence-electron chi connectivity index (χ1n) is 9.37. The van der Waals surface area contributed by atoms with Crippen molar-refractivity contribution >= 4 is 11.6 Å². The van der Waals surface area contributed by atoms with Crippen molar-refractivity contribution in [3.8, 4) is 0 Å². The van der Waals surface area contributed by atoms with Gasteiger partial charge in [0.2, 0.25) is 11.3 Å². The second-order valence-electron chi connectivity index (χ2n) is 5.17. The summed E-state index contributed by atoms with van der Waals surface area (Å²) >= 11 is 0. The van der Waals surface area contributed by atoms with Crippen molar-refractivity contribution in [3.05, 3.63) is 66.5 Å². The third-order valence-corrected chi connectivity index (χ3v) is 3.77. The maximum atomic E-state index is 12.7. The van der Waals surface area contributed by atoms with Crippen LogP contribution in [0.15, 0.2) is 21.7 Å². The minimum absolute atomic E-state index is 0. The molecule has 0 unspecified atom stereocenters. The molecule has 2 aromatic heterocycles. The molecule has 0 saturated heterocycles. The van der Waals surface area contributed by atoms with E-state index in [0.717, 1.165) is 4.57 Å². The number of pyridine rings is 2. The highest BCUT2D eigenvalue weighted by Gasteiger charge is 2.35. The van der Waals surface area contributed by atoms with Gasteiger partial charge in [0, 0.05) is 20.6 Å². The molecule has 0 radical (unpaired) electrons. The SMILES string of the molecule is CC.CC.CC.Cc1cc(=O)[nH]c2c1C(=O)c1c(C)cc(=O)n(C)c1C2=O.[HH]. The largest absolute Gasteiger partial charge is 0.318 e. The van der Waals surface area contributed by atoms with E-state index in [2.05, 4.69) is 4.98 Å². The first-order valence-corrected chi connectivity index (χ1v) is 9.37. The molecule has 0 aromatic carbocycles. The van der Waals surface area contributed by atoms with Gasteiger partial charge in [-0.3, -0.25) is 19.2 Å². The highest BCUT2D eigenvalue weighted by molar-refractivity contribution is 6.27. The number of carbonyl (C=O) groups excluding carboxylic acids is 2. The van der Waals surface area contributed by atoms with Gasteiger partial charge in [-0.1, -0.05) is 41.5 Å². The molecule has 2 aromatic rings. The normalized spacial score (nSPS) is 10.9. The van der Waals surface area contributed by atoms with Gasteiger partial charge in [-0.2, -0.15) is 0 Å². The highest BCUT2D eigenvalue weighted by Crippen LogP contribution is 2.28. The summed E-state index contributed by atoms with van der Waals surface area (Å²) in [5.74, 6) is -0.856. The predicted octanol–water partition coefficient (Wildman–Crippen LogP) is 3.79. The molecular weight excluding hydrogens is 344 g/mol. The van der Waals surface area contributed by atoms with E-state index >= 15 is 0 Å². The summed E-state index contributed by atoms with van der Waals surface area (Å²) in [5, 5.41) is 0. The zero-order chi connectivity index (χ0) is 21.5. The molecule has 1 aliphatic rings. The van der Waals surface area contributed by atoms with E-state index in [1.165, 1.54) is 19.2 Å². The van der Waals surface area contributed by atoms with E-state index in [4.69, 9.17) is 0 Å². The number of hydrogen-bond donors (Lipinski definition) is 1. The van der Waals surface area contributed by atoms with Crippen molar-refractivity contribution in [1.29, 1.82) is 0 Å². The average Bonchev–Trinajstić information content (AvgIpc) is 2.67. The summed E-state index contributed by atoms with van der Waals surface area (Å²) in [6.45, 7) is 15.2. The monoisotopic (exact) mass is 376 g/mol. The fourth-order valence-corrected chi connectivity index (χ4v) is 2.77. The van der Waals surface area contributed by atoms with Gasteiger partial charge in [-0.15, -0.1) is 0 Å². The molecule has 0 saturated carbocycles. The molecule has 0 amide bonds. The van der Waals surface area contributed by atoms with Gasteiger partial charge in [0.1, 0.15) is 11.4 Å². The smallest absolute Gasteiger partial charge is 0.251 e. The number of ketones is 2. The molecule has 2 heterocycles. The van der Waals surface area contributed by atoms with E-state index in [9.17, 15) is 19.2 Å². The Morgan fingerprint density at radius 2 is 1.26 bits per heavy atom. The summed E-state index contributed by atoms with van der Waals surface area (Å²) < 4.78 is 1.14. The van der Waals surface area contributed by atoms with Crippen LogP contribution >= 0.6 is 0 Å². The van der Waals surface area contributed by atoms with Crippen LogP contribution in [0.1, 0.15) is 86.2 Å². The van der Waals surface area contributed by atoms with E-state index in [0.29, 0.717) is 11.1 Å². The Kier molecular flexibility index (Phi) is 9.34. The van der Waals surface area contributed by atoms with Crippen LogP contribution in [-0.2, 0) is 7.05 Å². The molecule has 27 heavy (non-hydrogen) atoms. The number of nitrogens with zero attached hydrogens (tertiary/aromatic N) is 1. The number of fused-ring (bicyclic) bond motifs is 2. The lowest BCUT2D eigenvalue weighted by Gasteiger charge is -2.21. The molecular formula is C21H32N2O4. The standard InChI is InChI=1S/C15H12N2O4.3C2H6.H2/c1-6-4-8(18)16-12-10(6)14(20)11-7(2)5-9(19)17(3)13(11)15(12)21;3*1-2;/h4-5H,1-3H3,(H,16,18);3*1-2H3;1H. The molecule has 6 nitrogen and oxygen atoms in total. The first kappa shape index (κ1) is 24.2. The van der Waals surface area contributed by atoms with E-state index in [1.807, 2.05) is 41.5 Å². The van der Waals surface area contributed by atoms with Crippen molar-refractivity contribution in [3.63, 3.8) is 0 Å². The summed E-state index contributed by atoms with van der Waals surface area (Å²) in [5.41, 5.74) is 0.503. The number of hydrogen-bond acceptors (Lipinski definition) is 4. The van der Waals surface area contributed by atoms with Crippen LogP contribution < -0.4 is 11.1 Å². The lowest BCUT2D eigenvalue weighted by Crippen LogP contribution is -2.34. The number of carbonyl (C=O) groups is 2. The van der Waals surface area contributed by atoms with Crippen molar-refractivity contribution < 1.29 is 11.0 Å². The van der Waals surface area contributed by atoms with Gasteiger partial charge in [0.25, 0.3) is 5.56 Å². The fraction of sp³-hybridized carbons (Fsp3) is 0.429. The van der Waals surface area contributed by atoms with Gasteiger partial charge >= 0.3 is 0 Å². The van der Waals surface area contributed by atoms with Crippen LogP contribution in [0.25, 0.3) is 0 Å². The minimum Gasteiger partial charge on any atom is -0.318 e. The van der Waals surface area contributed by atoms with Crippen molar-refractivity contribution in [1.82, 2.24) is 9.55 Å². The van der Waals surface area contributed by atoms with Crippen molar-refractivity contribution in [2.45, 2.75) is 55.4 Å². The first-order chi connectivity index (χ1) is 12.8. The number of aromatic amines is 1. The molecule has 6 heteroatoms. The van der Waals surface area contributed by atoms with Crippen molar-refractivity contribution in [2.24, 2.45) is 7.05 Å². The minimum atomic E-state index is -0.510. The summed E-state index contributed by atoms with van der Waals surface area (Å²) in [7, 11) is 1.44. The topological polar surface area (TPSA) is 89.0 Å². The Labute approximate surface area is 161 Å². The Hall–Kier alpha value is -2.76. The molecule has 0 fully saturated rings. The van der Waals surface area contributed by atoms with Gasteiger partial charge in [0.05, 0.1) is 11.1 Å². The number of aromatic nitrogens is 2. The average molecular weight is 376 g/mol. The van der Waals surface area contributed by atoms with Crippen LogP contribution in [0.5, 0.6) is 0 Å². The zero-order valence-corrected chi connectivity index (χ0v) is 17.7. The second kappa shape index (κ2) is 10.4. The number of rotatable bonds is 0. The third-order valence-electron chi connectivity index (χ3n) is 3.77. The quantitative estimate of drug-likeness (QED) is 0.646. The summed E-state index contributed by atoms with van der Waals surface area (Å²) in [4.78, 5) is 51.1. The predicted molar refractivity (Wildman–Crippen MR) is 111 cm³/mol. The molecule has 0 atom stereocenters. The molecule has 1 N–H and O–H groups in total. The van der Waals surface area contributed by atoms with Crippen LogP contribution in [0.3, 0.4) is 0 Å². The third kappa shape index (κ3) is 4.32. The second-order valence-corrected chi connectivity index (χ2v) is 5.17. The van der Waals surface area contributed by atoms with Gasteiger partial charge in [-0.25, -0.2) is 0 Å². The van der Waals surface area contributed by atoms with Crippen LogP contribution in [0, 0.1) is 13.8 Å². The molecule has 1 aliphatic carbocycles. The Morgan fingerprint density at radius 1 is 0.778 bits per heavy atom. The summed E-state index contributed by atoms with van der Waals surface area (Å²) in [6.07, 6.45) is 0. The Morgan fingerprint density at radius 3 is 1.78 bits per heavy atom.